The number of allylic oxidation sites excluding steroid dienone is 8. The lowest BCUT2D eigenvalue weighted by Gasteiger charge is -2.20. The Balaban J connectivity index is 4.30. The Labute approximate surface area is 390 Å². The van der Waals surface area contributed by atoms with Gasteiger partial charge in [-0.05, 0) is 77.0 Å². The van der Waals surface area contributed by atoms with Crippen molar-refractivity contribution in [1.29, 1.82) is 0 Å². The second-order valence-corrected chi connectivity index (χ2v) is 18.7. The molecule has 0 fully saturated rings. The van der Waals surface area contributed by atoms with E-state index in [9.17, 15) is 23.8 Å². The van der Waals surface area contributed by atoms with Gasteiger partial charge in [-0.2, -0.15) is 0 Å². The fourth-order valence-electron chi connectivity index (χ4n) is 7.00. The minimum absolute atomic E-state index is 0.0994. The van der Waals surface area contributed by atoms with Gasteiger partial charge in [0.2, 0.25) is 0 Å². The average molecular weight is 924 g/mol. The van der Waals surface area contributed by atoms with Gasteiger partial charge in [-0.25, -0.2) is 4.57 Å². The minimum Gasteiger partial charge on any atom is -0.480 e. The van der Waals surface area contributed by atoms with Gasteiger partial charge in [-0.3, -0.25) is 23.4 Å². The molecule has 0 aromatic carbocycles. The summed E-state index contributed by atoms with van der Waals surface area (Å²) in [5.41, 5.74) is 5.35. The topological polar surface area (TPSA) is 172 Å². The number of carbonyl (C=O) groups excluding carboxylic acids is 2. The van der Waals surface area contributed by atoms with E-state index in [1.165, 1.54) is 128 Å². The third kappa shape index (κ3) is 46.0. The van der Waals surface area contributed by atoms with Crippen molar-refractivity contribution >= 4 is 25.7 Å². The fourth-order valence-corrected chi connectivity index (χ4v) is 7.78. The molecule has 0 aromatic heterocycles. The first-order valence-corrected chi connectivity index (χ1v) is 27.2. The molecule has 372 valence electrons. The summed E-state index contributed by atoms with van der Waals surface area (Å²) in [7, 11) is -4.73. The van der Waals surface area contributed by atoms with Crippen molar-refractivity contribution in [2.45, 2.75) is 244 Å². The van der Waals surface area contributed by atoms with Gasteiger partial charge in [0.1, 0.15) is 12.6 Å². The van der Waals surface area contributed by atoms with Gasteiger partial charge in [0.25, 0.3) is 0 Å². The third-order valence-electron chi connectivity index (χ3n) is 11.0. The first kappa shape index (κ1) is 61.4. The van der Waals surface area contributed by atoms with Crippen LogP contribution in [0.15, 0.2) is 48.6 Å². The van der Waals surface area contributed by atoms with Crippen LogP contribution in [-0.2, 0) is 37.5 Å². The number of carboxylic acid groups (broad SMARTS) is 1. The molecule has 0 aliphatic heterocycles. The molecule has 1 unspecified atom stereocenters. The quantitative estimate of drug-likeness (QED) is 0.0229. The van der Waals surface area contributed by atoms with Crippen LogP contribution in [0.5, 0.6) is 0 Å². The van der Waals surface area contributed by atoms with Crippen LogP contribution >= 0.6 is 7.82 Å². The number of unbranched alkanes of at least 4 members (excludes halogenated alkanes) is 26. The summed E-state index contributed by atoms with van der Waals surface area (Å²) >= 11 is 0. The van der Waals surface area contributed by atoms with E-state index in [4.69, 9.17) is 24.8 Å². The van der Waals surface area contributed by atoms with E-state index in [-0.39, 0.29) is 19.4 Å². The summed E-state index contributed by atoms with van der Waals surface area (Å²) in [5.74, 6) is -2.44. The largest absolute Gasteiger partial charge is 0.480 e. The first-order chi connectivity index (χ1) is 31.1. The van der Waals surface area contributed by atoms with Crippen LogP contribution in [0.1, 0.15) is 232 Å². The van der Waals surface area contributed by atoms with Crippen LogP contribution in [0, 0.1) is 0 Å². The summed E-state index contributed by atoms with van der Waals surface area (Å²) in [5, 5.41) is 8.92. The molecular weight excluding hydrogens is 830 g/mol. The summed E-state index contributed by atoms with van der Waals surface area (Å²) in [6.07, 6.45) is 54.7. The van der Waals surface area contributed by atoms with E-state index < -0.39 is 51.1 Å². The van der Waals surface area contributed by atoms with Crippen molar-refractivity contribution < 1.29 is 47.5 Å². The van der Waals surface area contributed by atoms with Crippen LogP contribution in [0.2, 0.25) is 0 Å². The average Bonchev–Trinajstić information content (AvgIpc) is 3.27. The molecule has 0 bridgehead atoms. The van der Waals surface area contributed by atoms with Crippen LogP contribution in [0.3, 0.4) is 0 Å². The van der Waals surface area contributed by atoms with Gasteiger partial charge in [0.05, 0.1) is 13.2 Å². The molecule has 0 aliphatic rings. The molecule has 0 saturated heterocycles. The molecule has 3 atom stereocenters. The predicted octanol–water partition coefficient (Wildman–Crippen LogP) is 14.5. The lowest BCUT2D eigenvalue weighted by atomic mass is 10.0. The summed E-state index contributed by atoms with van der Waals surface area (Å²) in [4.78, 5) is 46.1. The van der Waals surface area contributed by atoms with E-state index in [1.54, 1.807) is 0 Å². The van der Waals surface area contributed by atoms with Crippen LogP contribution in [0.4, 0.5) is 0 Å². The highest BCUT2D eigenvalue weighted by molar-refractivity contribution is 7.47. The van der Waals surface area contributed by atoms with Crippen molar-refractivity contribution in [3.05, 3.63) is 48.6 Å². The number of carboxylic acids is 1. The summed E-state index contributed by atoms with van der Waals surface area (Å²) < 4.78 is 32.8. The first-order valence-electron chi connectivity index (χ1n) is 25.7. The van der Waals surface area contributed by atoms with Crippen molar-refractivity contribution in [2.75, 3.05) is 19.8 Å². The number of rotatable bonds is 48. The number of phosphoric ester groups is 1. The van der Waals surface area contributed by atoms with Gasteiger partial charge in [-0.1, -0.05) is 191 Å². The predicted molar refractivity (Wildman–Crippen MR) is 263 cm³/mol. The number of aliphatic carboxylic acids is 1. The Bertz CT molecular complexity index is 1270. The van der Waals surface area contributed by atoms with Crippen LogP contribution in [0.25, 0.3) is 0 Å². The van der Waals surface area contributed by atoms with E-state index >= 15 is 0 Å². The van der Waals surface area contributed by atoms with Crippen LogP contribution < -0.4 is 5.73 Å². The number of phosphoric acid groups is 1. The van der Waals surface area contributed by atoms with E-state index in [1.807, 2.05) is 6.08 Å². The zero-order valence-corrected chi connectivity index (χ0v) is 41.5. The maximum Gasteiger partial charge on any atom is 0.472 e. The highest BCUT2D eigenvalue weighted by Gasteiger charge is 2.28. The number of hydrogen-bond acceptors (Lipinski definition) is 9. The number of carbonyl (C=O) groups is 3. The zero-order chi connectivity index (χ0) is 47.0. The molecule has 0 rings (SSSR count). The zero-order valence-electron chi connectivity index (χ0n) is 40.6. The number of ether oxygens (including phenoxy) is 2. The van der Waals surface area contributed by atoms with Crippen molar-refractivity contribution in [2.24, 2.45) is 5.73 Å². The SMILES string of the molecule is CCCCC/C=C/C/C=C/CCCCCCCCCC(=O)OC[C@@H](COP(=O)(O)OC[C@H](N)C(=O)O)OC(=O)CCC/C=C/CC/C=C/CCCCCCCCCCCCCCCC. The maximum atomic E-state index is 12.7. The molecular formula is C52H94NO10P. The smallest absolute Gasteiger partial charge is 0.472 e. The summed E-state index contributed by atoms with van der Waals surface area (Å²) in [6, 6.07) is -1.53. The van der Waals surface area contributed by atoms with Gasteiger partial charge in [-0.15, -0.1) is 0 Å². The molecule has 0 heterocycles. The Hall–Kier alpha value is -2.56. The van der Waals surface area contributed by atoms with Gasteiger partial charge in [0.15, 0.2) is 6.10 Å². The van der Waals surface area contributed by atoms with E-state index in [0.29, 0.717) is 19.3 Å². The second-order valence-electron chi connectivity index (χ2n) is 17.3. The normalized spacial score (nSPS) is 13.9. The van der Waals surface area contributed by atoms with Crippen molar-refractivity contribution in [3.63, 3.8) is 0 Å². The molecule has 0 aliphatic carbocycles. The molecule has 64 heavy (non-hydrogen) atoms. The van der Waals surface area contributed by atoms with Gasteiger partial charge < -0.3 is 25.2 Å². The van der Waals surface area contributed by atoms with Crippen LogP contribution in [-0.4, -0.2) is 59.9 Å². The van der Waals surface area contributed by atoms with E-state index in [0.717, 1.165) is 57.8 Å². The monoisotopic (exact) mass is 924 g/mol. The highest BCUT2D eigenvalue weighted by atomic mass is 31.2. The molecule has 4 N–H and O–H groups in total. The Morgan fingerprint density at radius 1 is 0.484 bits per heavy atom. The molecule has 0 spiro atoms. The lowest BCUT2D eigenvalue weighted by molar-refractivity contribution is -0.161. The summed E-state index contributed by atoms with van der Waals surface area (Å²) in [6.45, 7) is 2.76. The molecule has 12 heteroatoms. The number of hydrogen-bond donors (Lipinski definition) is 3. The Kier molecular flexibility index (Phi) is 45.1. The van der Waals surface area contributed by atoms with Crippen molar-refractivity contribution in [3.8, 4) is 0 Å². The molecule has 11 nitrogen and oxygen atoms in total. The minimum atomic E-state index is -4.73. The van der Waals surface area contributed by atoms with Gasteiger partial charge in [0, 0.05) is 12.8 Å². The fraction of sp³-hybridized carbons (Fsp3) is 0.788. The Morgan fingerprint density at radius 2 is 0.859 bits per heavy atom. The van der Waals surface area contributed by atoms with E-state index in [2.05, 4.69) is 60.9 Å². The molecule has 0 saturated carbocycles. The maximum absolute atomic E-state index is 12.7. The number of nitrogens with two attached hydrogens (primary N) is 1. The van der Waals surface area contributed by atoms with Crippen molar-refractivity contribution in [1.82, 2.24) is 0 Å². The Morgan fingerprint density at radius 3 is 1.36 bits per heavy atom. The number of esters is 2. The highest BCUT2D eigenvalue weighted by Crippen LogP contribution is 2.43. The third-order valence-corrected chi connectivity index (χ3v) is 12.0. The molecule has 0 amide bonds. The molecule has 0 aromatic rings. The van der Waals surface area contributed by atoms with Gasteiger partial charge >= 0.3 is 25.7 Å². The standard InChI is InChI=1S/C52H94NO10P/c1-3-5-7-9-11-13-15-17-19-21-22-23-24-25-26-28-30-32-34-36-38-40-42-44-51(55)63-48(46-61-64(58,59)62-47-49(53)52(56)57)45-60-50(54)43-41-39-37-35-33-31-29-27-20-18-16-14-12-10-8-6-4-2/h12,14,18,20,28,30,36,38,48-49H,3-11,13,15-17,19,21-27,29,31-35,37,39-47,53H2,1-2H3,(H,56,57)(H,58,59)/b14-12+,20-18+,30-28+,38-36+/t48-,49-/m0/s1. The lowest BCUT2D eigenvalue weighted by Crippen LogP contribution is -2.34. The molecule has 0 radical (unpaired) electrons. The second kappa shape index (κ2) is 47.0.